The molecule has 0 atom stereocenters. The number of carboxylic acid groups (broad SMARTS) is 1. The molecule has 0 radical (unpaired) electrons. The number of phosphoric acid groups is 1. The van der Waals surface area contributed by atoms with Gasteiger partial charge in [-0.3, -0.25) is 24.3 Å². The number of thioether (sulfide) groups is 1. The zero-order valence-electron chi connectivity index (χ0n) is 25.2. The van der Waals surface area contributed by atoms with Crippen LogP contribution in [0.5, 0.6) is 11.5 Å². The lowest BCUT2D eigenvalue weighted by Crippen LogP contribution is -2.43. The molecule has 1 aliphatic heterocycles. The van der Waals surface area contributed by atoms with Crippen LogP contribution < -0.4 is 15.7 Å². The summed E-state index contributed by atoms with van der Waals surface area (Å²) < 4.78 is 97.4. The van der Waals surface area contributed by atoms with E-state index in [2.05, 4.69) is 4.52 Å². The van der Waals surface area contributed by atoms with Crippen molar-refractivity contribution in [1.82, 2.24) is 4.90 Å². The standard InChI is InChI=1S/C31H20F5N2O11PS/c32-16-7-14-20(9-18(16)39)48-21-10-19(40)17(33)8-15(21)23(14)24-25(30(42)43)26(34)28(36)29(27(24)35)51-11-22(41)38(31(37)44)6-5-12-1-3-13(4-2-12)49-50(45,46)47/h1-4,7-10,39H,5-6,11H2,(H2,37,44)(H,42,43)(H2,45,46,47). The Morgan fingerprint density at radius 1 is 0.922 bits per heavy atom. The van der Waals surface area contributed by atoms with Crippen molar-refractivity contribution >= 4 is 48.5 Å². The minimum Gasteiger partial charge on any atom is -0.505 e. The molecule has 3 aromatic carbocycles. The summed E-state index contributed by atoms with van der Waals surface area (Å²) in [4.78, 5) is 66.4. The SMILES string of the molecule is NC(=O)N(CCc1ccc(OP(=O)(O)O)cc1)C(=O)CSc1c(F)c(F)c(C(=O)O)c(-c2c3cc(F)c(=O)cc-3oc3cc(O)c(F)cc23)c1F. The zero-order chi connectivity index (χ0) is 37.5. The molecule has 1 heterocycles. The van der Waals surface area contributed by atoms with E-state index >= 15 is 13.2 Å². The highest BCUT2D eigenvalue weighted by atomic mass is 32.2. The number of halogens is 5. The van der Waals surface area contributed by atoms with E-state index in [1.807, 2.05) is 0 Å². The molecule has 20 heteroatoms. The number of urea groups is 1. The van der Waals surface area contributed by atoms with Gasteiger partial charge in [-0.1, -0.05) is 12.1 Å². The fourth-order valence-electron chi connectivity index (χ4n) is 5.04. The van der Waals surface area contributed by atoms with Gasteiger partial charge in [0.05, 0.1) is 10.6 Å². The van der Waals surface area contributed by atoms with Crippen LogP contribution in [0.1, 0.15) is 15.9 Å². The molecule has 5 rings (SSSR count). The third kappa shape index (κ3) is 7.51. The van der Waals surface area contributed by atoms with E-state index in [9.17, 15) is 42.7 Å². The van der Waals surface area contributed by atoms with Crippen molar-refractivity contribution in [2.24, 2.45) is 5.73 Å². The fourth-order valence-corrected chi connectivity index (χ4v) is 6.30. The Morgan fingerprint density at radius 2 is 1.59 bits per heavy atom. The number of hydrogen-bond donors (Lipinski definition) is 5. The van der Waals surface area contributed by atoms with Gasteiger partial charge in [-0.15, -0.1) is 11.8 Å². The van der Waals surface area contributed by atoms with E-state index in [0.717, 1.165) is 0 Å². The van der Waals surface area contributed by atoms with Gasteiger partial charge in [-0.25, -0.2) is 36.1 Å². The van der Waals surface area contributed by atoms with Crippen LogP contribution in [0.4, 0.5) is 26.7 Å². The number of imide groups is 1. The van der Waals surface area contributed by atoms with E-state index in [0.29, 0.717) is 34.7 Å². The minimum absolute atomic E-state index is 0.0121. The van der Waals surface area contributed by atoms with Gasteiger partial charge in [0.2, 0.25) is 11.3 Å². The highest BCUT2D eigenvalue weighted by Crippen LogP contribution is 2.47. The number of carboxylic acids is 1. The number of carbonyl (C=O) groups excluding carboxylic acids is 2. The molecule has 266 valence electrons. The first kappa shape index (κ1) is 36.8. The summed E-state index contributed by atoms with van der Waals surface area (Å²) in [6.07, 6.45) is -0.0721. The molecule has 13 nitrogen and oxygen atoms in total. The van der Waals surface area contributed by atoms with Gasteiger partial charge in [0, 0.05) is 40.8 Å². The summed E-state index contributed by atoms with van der Waals surface area (Å²) in [6.45, 7) is -0.410. The number of fused-ring (bicyclic) bond motifs is 2. The zero-order valence-corrected chi connectivity index (χ0v) is 26.9. The Kier molecular flexibility index (Phi) is 10.1. The van der Waals surface area contributed by atoms with Crippen LogP contribution >= 0.6 is 19.6 Å². The second-order valence-electron chi connectivity index (χ2n) is 10.5. The Labute approximate surface area is 285 Å². The lowest BCUT2D eigenvalue weighted by atomic mass is 9.89. The van der Waals surface area contributed by atoms with Crippen LogP contribution in [0, 0.1) is 29.1 Å². The van der Waals surface area contributed by atoms with Crippen LogP contribution in [0.3, 0.4) is 0 Å². The van der Waals surface area contributed by atoms with E-state index < -0.39 is 122 Å². The predicted octanol–water partition coefficient (Wildman–Crippen LogP) is 5.38. The van der Waals surface area contributed by atoms with Crippen molar-refractivity contribution in [3.05, 3.63) is 99.0 Å². The second kappa shape index (κ2) is 14.0. The first-order valence-electron chi connectivity index (χ1n) is 14.0. The molecular formula is C31H20F5N2O11PS. The van der Waals surface area contributed by atoms with Crippen molar-refractivity contribution in [1.29, 1.82) is 0 Å². The summed E-state index contributed by atoms with van der Waals surface area (Å²) in [6, 6.07) is 6.03. The lowest BCUT2D eigenvalue weighted by Gasteiger charge is -2.21. The molecule has 0 bridgehead atoms. The number of hydrogen-bond acceptors (Lipinski definition) is 9. The summed E-state index contributed by atoms with van der Waals surface area (Å²) in [7, 11) is -4.84. The van der Waals surface area contributed by atoms with Gasteiger partial charge in [0.25, 0.3) is 0 Å². The summed E-state index contributed by atoms with van der Waals surface area (Å²) in [5.41, 5.74) is -0.256. The number of carbonyl (C=O) groups is 3. The van der Waals surface area contributed by atoms with Gasteiger partial charge in [-0.2, -0.15) is 0 Å². The minimum atomic E-state index is -4.84. The maximum atomic E-state index is 16.5. The number of phosphoric ester groups is 1. The number of phenols is 1. The molecular weight excluding hydrogens is 734 g/mol. The van der Waals surface area contributed by atoms with Crippen LogP contribution in [0.25, 0.3) is 33.4 Å². The van der Waals surface area contributed by atoms with Crippen LogP contribution in [0.2, 0.25) is 0 Å². The molecule has 6 N–H and O–H groups in total. The average molecular weight is 755 g/mol. The van der Waals surface area contributed by atoms with Gasteiger partial charge in [0.15, 0.2) is 29.0 Å². The van der Waals surface area contributed by atoms with E-state index in [1.54, 1.807) is 0 Å². The molecule has 0 fully saturated rings. The summed E-state index contributed by atoms with van der Waals surface area (Å²) in [5, 5.41) is 19.2. The normalized spacial score (nSPS) is 11.6. The summed E-state index contributed by atoms with van der Waals surface area (Å²) in [5.74, 6) is -15.0. The Hall–Kier alpha value is -5.49. The Bertz CT molecular complexity index is 2330. The number of benzene rings is 4. The van der Waals surface area contributed by atoms with Gasteiger partial charge < -0.3 is 24.9 Å². The monoisotopic (exact) mass is 754 g/mol. The average Bonchev–Trinajstić information content (AvgIpc) is 3.03. The Balaban J connectivity index is 1.55. The number of primary amides is 1. The first-order valence-corrected chi connectivity index (χ1v) is 16.5. The van der Waals surface area contributed by atoms with Gasteiger partial charge in [-0.05, 0) is 36.2 Å². The molecule has 2 aliphatic rings. The van der Waals surface area contributed by atoms with Gasteiger partial charge in [0.1, 0.15) is 28.5 Å². The molecule has 3 amide bonds. The molecule has 3 aromatic rings. The van der Waals surface area contributed by atoms with Crippen LogP contribution in [-0.4, -0.2) is 55.1 Å². The third-order valence-corrected chi connectivity index (χ3v) is 8.75. The first-order chi connectivity index (χ1) is 23.9. The van der Waals surface area contributed by atoms with Crippen molar-refractivity contribution in [3.8, 4) is 33.9 Å². The number of nitrogens with two attached hydrogens (primary N) is 1. The summed E-state index contributed by atoms with van der Waals surface area (Å²) >= 11 is -0.0121. The lowest BCUT2D eigenvalue weighted by molar-refractivity contribution is -0.125. The maximum Gasteiger partial charge on any atom is 0.524 e. The smallest absolute Gasteiger partial charge is 0.505 e. The predicted molar refractivity (Wildman–Crippen MR) is 168 cm³/mol. The van der Waals surface area contributed by atoms with Crippen molar-refractivity contribution in [3.63, 3.8) is 0 Å². The molecule has 0 aromatic heterocycles. The number of aromatic carboxylic acids is 1. The third-order valence-electron chi connectivity index (χ3n) is 7.26. The molecule has 0 spiro atoms. The number of phenolic OH excluding ortho intramolecular Hbond substituents is 1. The quantitative estimate of drug-likeness (QED) is 0.0399. The van der Waals surface area contributed by atoms with Gasteiger partial charge >= 0.3 is 19.8 Å². The van der Waals surface area contributed by atoms with E-state index in [1.165, 1.54) is 24.3 Å². The van der Waals surface area contributed by atoms with E-state index in [-0.39, 0.29) is 23.9 Å². The number of nitrogens with zero attached hydrogens (tertiary/aromatic N) is 1. The highest BCUT2D eigenvalue weighted by molar-refractivity contribution is 8.00. The molecule has 1 aliphatic carbocycles. The topological polar surface area (TPSA) is 218 Å². The number of rotatable bonds is 10. The Morgan fingerprint density at radius 3 is 2.20 bits per heavy atom. The fraction of sp³-hybridized carbons (Fsp3) is 0.0968. The van der Waals surface area contributed by atoms with E-state index in [4.69, 9.17) is 19.9 Å². The molecule has 0 saturated heterocycles. The largest absolute Gasteiger partial charge is 0.524 e. The van der Waals surface area contributed by atoms with Crippen LogP contribution in [0.15, 0.2) is 62.6 Å². The molecule has 0 unspecified atom stereocenters. The van der Waals surface area contributed by atoms with Crippen molar-refractivity contribution in [2.45, 2.75) is 11.3 Å². The molecule has 0 saturated carbocycles. The highest BCUT2D eigenvalue weighted by Gasteiger charge is 2.34. The number of aromatic hydroxyl groups is 1. The second-order valence-corrected chi connectivity index (χ2v) is 12.7. The van der Waals surface area contributed by atoms with Crippen molar-refractivity contribution in [2.75, 3.05) is 12.3 Å². The molecule has 51 heavy (non-hydrogen) atoms. The number of amides is 3. The maximum absolute atomic E-state index is 16.5. The van der Waals surface area contributed by atoms with Crippen LogP contribution in [-0.2, 0) is 15.8 Å². The van der Waals surface area contributed by atoms with Crippen molar-refractivity contribution < 1.29 is 69.8 Å².